The minimum Gasteiger partial charge on any atom is -0.372 e. The molecule has 0 aliphatic carbocycles. The van der Waals surface area contributed by atoms with E-state index in [4.69, 9.17) is 10.00 Å². The van der Waals surface area contributed by atoms with Crippen LogP contribution in [0.5, 0.6) is 0 Å². The Morgan fingerprint density at radius 2 is 2.38 bits per heavy atom. The largest absolute Gasteiger partial charge is 0.372 e. The molecule has 13 heavy (non-hydrogen) atoms. The van der Waals surface area contributed by atoms with Crippen molar-refractivity contribution in [3.8, 4) is 6.07 Å². The first kappa shape index (κ1) is 11.0. The van der Waals surface area contributed by atoms with Crippen LogP contribution >= 0.6 is 15.9 Å². The first-order valence-corrected chi connectivity index (χ1v) is 5.83. The van der Waals surface area contributed by atoms with Gasteiger partial charge in [-0.3, -0.25) is 0 Å². The first-order chi connectivity index (χ1) is 6.07. The molecule has 0 amide bonds. The Kier molecular flexibility index (Phi) is 3.75. The Balaban J connectivity index is 2.36. The Hall–Kier alpha value is -0.0700. The average Bonchev–Trinajstić information content (AvgIpc) is 2.41. The molecule has 0 spiro atoms. The van der Waals surface area contributed by atoms with Gasteiger partial charge in [-0.05, 0) is 33.1 Å². The van der Waals surface area contributed by atoms with Crippen LogP contribution in [0.1, 0.15) is 33.1 Å². The van der Waals surface area contributed by atoms with E-state index in [2.05, 4.69) is 35.8 Å². The van der Waals surface area contributed by atoms with E-state index in [1.54, 1.807) is 0 Å². The van der Waals surface area contributed by atoms with Gasteiger partial charge in [0.15, 0.2) is 0 Å². The summed E-state index contributed by atoms with van der Waals surface area (Å²) in [4.78, 5) is 0. The van der Waals surface area contributed by atoms with Crippen LogP contribution in [0.2, 0.25) is 0 Å². The predicted molar refractivity (Wildman–Crippen MR) is 55.7 cm³/mol. The summed E-state index contributed by atoms with van der Waals surface area (Å²) in [5, 5.41) is 9.53. The lowest BCUT2D eigenvalue weighted by molar-refractivity contribution is -0.0210. The van der Waals surface area contributed by atoms with Gasteiger partial charge in [0.1, 0.15) is 0 Å². The fraction of sp³-hybridized carbons (Fsp3) is 0.900. The third-order valence-corrected chi connectivity index (χ3v) is 3.25. The van der Waals surface area contributed by atoms with Crippen LogP contribution in [-0.2, 0) is 4.74 Å². The zero-order valence-electron chi connectivity index (χ0n) is 8.22. The van der Waals surface area contributed by atoms with Crippen molar-refractivity contribution < 1.29 is 4.74 Å². The Bertz CT molecular complexity index is 209. The minimum absolute atomic E-state index is 0.0248. The highest BCUT2D eigenvalue weighted by Gasteiger charge is 2.32. The summed E-state index contributed by atoms with van der Waals surface area (Å²) in [6, 6.07) is 2.28. The van der Waals surface area contributed by atoms with Gasteiger partial charge in [-0.15, -0.1) is 0 Å². The SMILES string of the molecule is CC1(C)CCC(CC(C#N)CBr)O1. The standard InChI is InChI=1S/C10H16BrNO/c1-10(2)4-3-9(13-10)5-8(6-11)7-12/h8-9H,3-6H2,1-2H3. The van der Waals surface area contributed by atoms with E-state index in [0.29, 0.717) is 0 Å². The van der Waals surface area contributed by atoms with E-state index >= 15 is 0 Å². The second-order valence-electron chi connectivity index (χ2n) is 4.25. The maximum absolute atomic E-state index is 8.78. The summed E-state index contributed by atoms with van der Waals surface area (Å²) in [6.45, 7) is 4.23. The quantitative estimate of drug-likeness (QED) is 0.717. The van der Waals surface area contributed by atoms with E-state index in [-0.39, 0.29) is 17.6 Å². The number of nitrogens with zero attached hydrogens (tertiary/aromatic N) is 1. The maximum atomic E-state index is 8.78. The molecule has 1 saturated heterocycles. The molecule has 1 heterocycles. The lowest BCUT2D eigenvalue weighted by Gasteiger charge is -2.20. The van der Waals surface area contributed by atoms with Crippen LogP contribution in [-0.4, -0.2) is 17.0 Å². The van der Waals surface area contributed by atoms with E-state index in [1.807, 2.05) is 0 Å². The van der Waals surface area contributed by atoms with Gasteiger partial charge in [-0.1, -0.05) is 15.9 Å². The fourth-order valence-corrected chi connectivity index (χ4v) is 2.12. The summed E-state index contributed by atoms with van der Waals surface area (Å²) >= 11 is 3.33. The number of nitriles is 1. The van der Waals surface area contributed by atoms with Gasteiger partial charge in [0.25, 0.3) is 0 Å². The van der Waals surface area contributed by atoms with Crippen molar-refractivity contribution in [2.24, 2.45) is 5.92 Å². The third-order valence-electron chi connectivity index (χ3n) is 2.47. The van der Waals surface area contributed by atoms with E-state index < -0.39 is 0 Å². The Morgan fingerprint density at radius 1 is 1.69 bits per heavy atom. The van der Waals surface area contributed by atoms with Gasteiger partial charge in [0, 0.05) is 5.33 Å². The monoisotopic (exact) mass is 245 g/mol. The molecule has 0 aromatic rings. The number of hydrogen-bond acceptors (Lipinski definition) is 2. The highest BCUT2D eigenvalue weighted by molar-refractivity contribution is 9.09. The van der Waals surface area contributed by atoms with Crippen LogP contribution in [0.15, 0.2) is 0 Å². The summed E-state index contributed by atoms with van der Waals surface area (Å²) in [6.07, 6.45) is 3.36. The van der Waals surface area contributed by atoms with Crippen LogP contribution in [0.4, 0.5) is 0 Å². The van der Waals surface area contributed by atoms with Crippen LogP contribution in [0, 0.1) is 17.2 Å². The highest BCUT2D eigenvalue weighted by atomic mass is 79.9. The average molecular weight is 246 g/mol. The van der Waals surface area contributed by atoms with Crippen molar-refractivity contribution in [3.63, 3.8) is 0 Å². The summed E-state index contributed by atoms with van der Waals surface area (Å²) < 4.78 is 5.81. The van der Waals surface area contributed by atoms with Gasteiger partial charge < -0.3 is 4.74 Å². The summed E-state index contributed by atoms with van der Waals surface area (Å²) in [7, 11) is 0. The van der Waals surface area contributed by atoms with Crippen molar-refractivity contribution in [3.05, 3.63) is 0 Å². The maximum Gasteiger partial charge on any atom is 0.0665 e. The predicted octanol–water partition coefficient (Wildman–Crippen LogP) is 2.87. The normalized spacial score (nSPS) is 28.3. The smallest absolute Gasteiger partial charge is 0.0665 e. The molecule has 0 aromatic carbocycles. The lowest BCUT2D eigenvalue weighted by atomic mass is 10.0. The molecule has 1 rings (SSSR count). The number of alkyl halides is 1. The molecule has 1 aliphatic heterocycles. The molecule has 3 heteroatoms. The van der Waals surface area contributed by atoms with Crippen molar-refractivity contribution >= 4 is 15.9 Å². The van der Waals surface area contributed by atoms with E-state index in [0.717, 1.165) is 24.6 Å². The number of halogens is 1. The third kappa shape index (κ3) is 3.28. The van der Waals surface area contributed by atoms with Crippen molar-refractivity contribution in [1.82, 2.24) is 0 Å². The van der Waals surface area contributed by atoms with Gasteiger partial charge in [0.05, 0.1) is 23.7 Å². The van der Waals surface area contributed by atoms with Crippen molar-refractivity contribution in [1.29, 1.82) is 5.26 Å². The molecular formula is C10H16BrNO. The molecule has 0 bridgehead atoms. The number of hydrogen-bond donors (Lipinski definition) is 0. The molecule has 2 nitrogen and oxygen atoms in total. The zero-order valence-corrected chi connectivity index (χ0v) is 9.80. The van der Waals surface area contributed by atoms with Crippen molar-refractivity contribution in [2.45, 2.75) is 44.8 Å². The molecule has 74 valence electrons. The molecular weight excluding hydrogens is 230 g/mol. The molecule has 0 N–H and O–H groups in total. The summed E-state index contributed by atoms with van der Waals surface area (Å²) in [5.41, 5.74) is 0.0248. The van der Waals surface area contributed by atoms with Gasteiger partial charge in [-0.2, -0.15) is 5.26 Å². The lowest BCUT2D eigenvalue weighted by Crippen LogP contribution is -2.21. The van der Waals surface area contributed by atoms with Crippen LogP contribution in [0.3, 0.4) is 0 Å². The van der Waals surface area contributed by atoms with Gasteiger partial charge >= 0.3 is 0 Å². The van der Waals surface area contributed by atoms with Gasteiger partial charge in [-0.25, -0.2) is 0 Å². The Labute approximate surface area is 88.4 Å². The van der Waals surface area contributed by atoms with E-state index in [9.17, 15) is 0 Å². The highest BCUT2D eigenvalue weighted by Crippen LogP contribution is 2.32. The molecule has 0 saturated carbocycles. The second-order valence-corrected chi connectivity index (χ2v) is 4.90. The first-order valence-electron chi connectivity index (χ1n) is 4.71. The molecule has 1 aliphatic rings. The fourth-order valence-electron chi connectivity index (χ4n) is 1.71. The number of ether oxygens (including phenoxy) is 1. The zero-order chi connectivity index (χ0) is 9.90. The molecule has 2 atom stereocenters. The number of rotatable bonds is 3. The van der Waals surface area contributed by atoms with Crippen molar-refractivity contribution in [2.75, 3.05) is 5.33 Å². The molecule has 2 unspecified atom stereocenters. The molecule has 0 aromatic heterocycles. The second kappa shape index (κ2) is 4.43. The van der Waals surface area contributed by atoms with Crippen LogP contribution < -0.4 is 0 Å². The van der Waals surface area contributed by atoms with Crippen LogP contribution in [0.25, 0.3) is 0 Å². The molecule has 0 radical (unpaired) electrons. The molecule has 1 fully saturated rings. The Morgan fingerprint density at radius 3 is 2.77 bits per heavy atom. The van der Waals surface area contributed by atoms with E-state index in [1.165, 1.54) is 0 Å². The van der Waals surface area contributed by atoms with Gasteiger partial charge in [0.2, 0.25) is 0 Å². The topological polar surface area (TPSA) is 33.0 Å². The minimum atomic E-state index is 0.0248. The summed E-state index contributed by atoms with van der Waals surface area (Å²) in [5.74, 6) is 0.0962.